The molecule has 0 aromatic heterocycles. The van der Waals surface area contributed by atoms with Crippen LogP contribution in [-0.2, 0) is 0 Å². The molecule has 4 nitrogen and oxygen atoms in total. The van der Waals surface area contributed by atoms with Gasteiger partial charge in [-0.1, -0.05) is 0 Å². The van der Waals surface area contributed by atoms with E-state index in [9.17, 15) is 9.59 Å². The van der Waals surface area contributed by atoms with Crippen LogP contribution >= 0.6 is 0 Å². The number of rotatable bonds is 2. The second-order valence-corrected chi connectivity index (χ2v) is 2.64. The molecule has 0 amide bonds. The standard InChI is InChI=1S/C9H8O4.Na.H/c1-5-4-6(8(10)11)2-3-7(5)9(12)13;;/h2-4H,1H3,(H,10,11)(H,12,13);;/q;+1;-1. The second kappa shape index (κ2) is 5.14. The summed E-state index contributed by atoms with van der Waals surface area (Å²) in [5.41, 5.74) is 0.680. The Labute approximate surface area is 104 Å². The molecule has 0 unspecified atom stereocenters. The molecule has 1 aromatic rings. The van der Waals surface area contributed by atoms with Gasteiger partial charge < -0.3 is 11.6 Å². The van der Waals surface area contributed by atoms with Crippen molar-refractivity contribution in [3.63, 3.8) is 0 Å². The van der Waals surface area contributed by atoms with E-state index in [-0.39, 0.29) is 42.1 Å². The number of aryl methyl sites for hydroxylation is 1. The average molecular weight is 204 g/mol. The summed E-state index contributed by atoms with van der Waals surface area (Å²) in [6.45, 7) is 1.57. The van der Waals surface area contributed by atoms with Crippen LogP contribution in [0.25, 0.3) is 0 Å². The van der Waals surface area contributed by atoms with Crippen LogP contribution in [0, 0.1) is 6.92 Å². The Hall–Kier alpha value is -0.840. The van der Waals surface area contributed by atoms with Crippen LogP contribution in [0.2, 0.25) is 0 Å². The van der Waals surface area contributed by atoms with Gasteiger partial charge in [-0.3, -0.25) is 0 Å². The maximum atomic E-state index is 10.6. The maximum absolute atomic E-state index is 10.6. The molecular formula is C9H9NaO4. The fourth-order valence-electron chi connectivity index (χ4n) is 1.04. The van der Waals surface area contributed by atoms with E-state index in [0.717, 1.165) is 0 Å². The van der Waals surface area contributed by atoms with Gasteiger partial charge in [-0.25, -0.2) is 9.59 Å². The van der Waals surface area contributed by atoms with E-state index < -0.39 is 11.9 Å². The van der Waals surface area contributed by atoms with Gasteiger partial charge in [0.15, 0.2) is 0 Å². The quantitative estimate of drug-likeness (QED) is 0.575. The minimum atomic E-state index is -1.06. The first-order valence-corrected chi connectivity index (χ1v) is 3.59. The number of hydrogen-bond acceptors (Lipinski definition) is 2. The van der Waals surface area contributed by atoms with Crippen molar-refractivity contribution in [3.05, 3.63) is 34.9 Å². The molecule has 0 radical (unpaired) electrons. The van der Waals surface area contributed by atoms with Crippen molar-refractivity contribution in [3.8, 4) is 0 Å². The summed E-state index contributed by atoms with van der Waals surface area (Å²) in [6.07, 6.45) is 0. The van der Waals surface area contributed by atoms with Crippen molar-refractivity contribution in [1.29, 1.82) is 0 Å². The first-order valence-electron chi connectivity index (χ1n) is 3.59. The smallest absolute Gasteiger partial charge is 1.00 e. The predicted octanol–water partition coefficient (Wildman–Crippen LogP) is -1.49. The largest absolute Gasteiger partial charge is 1.00 e. The van der Waals surface area contributed by atoms with Crippen LogP contribution in [0.1, 0.15) is 27.7 Å². The van der Waals surface area contributed by atoms with Gasteiger partial charge in [-0.05, 0) is 30.7 Å². The molecule has 0 heterocycles. The summed E-state index contributed by atoms with van der Waals surface area (Å²) in [5, 5.41) is 17.2. The van der Waals surface area contributed by atoms with Crippen molar-refractivity contribution >= 4 is 11.9 Å². The van der Waals surface area contributed by atoms with E-state index in [1.54, 1.807) is 6.92 Å². The van der Waals surface area contributed by atoms with Gasteiger partial charge in [-0.15, -0.1) is 0 Å². The molecule has 14 heavy (non-hydrogen) atoms. The normalized spacial score (nSPS) is 8.93. The Morgan fingerprint density at radius 2 is 1.79 bits per heavy atom. The molecule has 70 valence electrons. The van der Waals surface area contributed by atoms with Crippen molar-refractivity contribution in [1.82, 2.24) is 0 Å². The fourth-order valence-corrected chi connectivity index (χ4v) is 1.04. The van der Waals surface area contributed by atoms with Crippen LogP contribution in [0.4, 0.5) is 0 Å². The Morgan fingerprint density at radius 3 is 2.14 bits per heavy atom. The zero-order valence-electron chi connectivity index (χ0n) is 8.94. The molecule has 0 spiro atoms. The minimum Gasteiger partial charge on any atom is -1.00 e. The van der Waals surface area contributed by atoms with Gasteiger partial charge in [0.05, 0.1) is 11.1 Å². The third-order valence-corrected chi connectivity index (χ3v) is 1.70. The average Bonchev–Trinajstić information content (AvgIpc) is 2.03. The Kier molecular flexibility index (Phi) is 4.83. The van der Waals surface area contributed by atoms with Gasteiger partial charge in [0.25, 0.3) is 0 Å². The molecule has 5 heteroatoms. The van der Waals surface area contributed by atoms with E-state index in [2.05, 4.69) is 0 Å². The maximum Gasteiger partial charge on any atom is 1.00 e. The third kappa shape index (κ3) is 2.83. The molecule has 1 rings (SSSR count). The number of aromatic carboxylic acids is 2. The molecule has 0 aliphatic rings. The van der Waals surface area contributed by atoms with E-state index in [1.807, 2.05) is 0 Å². The molecule has 0 aliphatic heterocycles. The van der Waals surface area contributed by atoms with Crippen LogP contribution in [-0.4, -0.2) is 22.2 Å². The SMILES string of the molecule is Cc1cc(C(=O)O)ccc1C(=O)O.[H-].[Na+]. The number of hydrogen-bond donors (Lipinski definition) is 2. The van der Waals surface area contributed by atoms with Crippen molar-refractivity contribution in [2.24, 2.45) is 0 Å². The predicted molar refractivity (Wildman–Crippen MR) is 46.2 cm³/mol. The van der Waals surface area contributed by atoms with Gasteiger partial charge in [-0.2, -0.15) is 0 Å². The Bertz CT molecular complexity index is 378. The van der Waals surface area contributed by atoms with Gasteiger partial charge in [0.2, 0.25) is 0 Å². The van der Waals surface area contributed by atoms with Crippen molar-refractivity contribution in [2.45, 2.75) is 6.92 Å². The van der Waals surface area contributed by atoms with E-state index in [4.69, 9.17) is 10.2 Å². The molecule has 2 N–H and O–H groups in total. The van der Waals surface area contributed by atoms with Gasteiger partial charge in [0, 0.05) is 0 Å². The first-order chi connectivity index (χ1) is 6.02. The zero-order chi connectivity index (χ0) is 10.0. The molecule has 0 saturated carbocycles. The van der Waals surface area contributed by atoms with E-state index in [0.29, 0.717) is 5.56 Å². The van der Waals surface area contributed by atoms with Crippen molar-refractivity contribution in [2.75, 3.05) is 0 Å². The summed E-state index contributed by atoms with van der Waals surface area (Å²) in [7, 11) is 0. The van der Waals surface area contributed by atoms with E-state index >= 15 is 0 Å². The molecule has 0 atom stereocenters. The van der Waals surface area contributed by atoms with Gasteiger partial charge in [0.1, 0.15) is 0 Å². The fraction of sp³-hybridized carbons (Fsp3) is 0.111. The molecule has 0 aliphatic carbocycles. The summed E-state index contributed by atoms with van der Waals surface area (Å²) in [5.74, 6) is -2.10. The van der Waals surface area contributed by atoms with E-state index in [1.165, 1.54) is 18.2 Å². The topological polar surface area (TPSA) is 74.6 Å². The number of carbonyl (C=O) groups is 2. The van der Waals surface area contributed by atoms with Gasteiger partial charge >= 0.3 is 41.5 Å². The summed E-state index contributed by atoms with van der Waals surface area (Å²) in [6, 6.07) is 3.91. The summed E-state index contributed by atoms with van der Waals surface area (Å²) in [4.78, 5) is 21.0. The zero-order valence-corrected chi connectivity index (χ0v) is 9.94. The summed E-state index contributed by atoms with van der Waals surface area (Å²) < 4.78 is 0. The minimum absolute atomic E-state index is 0. The summed E-state index contributed by atoms with van der Waals surface area (Å²) >= 11 is 0. The second-order valence-electron chi connectivity index (χ2n) is 2.64. The third-order valence-electron chi connectivity index (χ3n) is 1.70. The van der Waals surface area contributed by atoms with Crippen LogP contribution in [0.3, 0.4) is 0 Å². The number of carboxylic acids is 2. The molecule has 0 bridgehead atoms. The first kappa shape index (κ1) is 13.2. The number of benzene rings is 1. The molecule has 1 aromatic carbocycles. The molecule has 0 fully saturated rings. The van der Waals surface area contributed by atoms with Crippen LogP contribution < -0.4 is 29.6 Å². The van der Waals surface area contributed by atoms with Crippen LogP contribution in [0.15, 0.2) is 18.2 Å². The number of carboxylic acid groups (broad SMARTS) is 2. The van der Waals surface area contributed by atoms with Crippen molar-refractivity contribution < 1.29 is 50.8 Å². The Morgan fingerprint density at radius 1 is 1.21 bits per heavy atom. The monoisotopic (exact) mass is 204 g/mol. The van der Waals surface area contributed by atoms with Crippen LogP contribution in [0.5, 0.6) is 0 Å². The molecular weight excluding hydrogens is 195 g/mol. The molecule has 0 saturated heterocycles. The Balaban J connectivity index is 0.